The van der Waals surface area contributed by atoms with Crippen LogP contribution in [0.1, 0.15) is 92.6 Å². The van der Waals surface area contributed by atoms with E-state index >= 15 is 0 Å². The Hall–Kier alpha value is -4.50. The molecule has 5 nitrogen and oxygen atoms in total. The van der Waals surface area contributed by atoms with Crippen molar-refractivity contribution in [3.05, 3.63) is 130 Å². The van der Waals surface area contributed by atoms with Crippen molar-refractivity contribution in [1.82, 2.24) is 19.3 Å². The number of pyridine rings is 1. The van der Waals surface area contributed by atoms with Crippen molar-refractivity contribution in [3.8, 4) is 34.1 Å². The molecule has 0 spiro atoms. The van der Waals surface area contributed by atoms with Gasteiger partial charge in [-0.15, -0.1) is 41.3 Å². The number of benzene rings is 4. The molecule has 0 saturated carbocycles. The molecule has 4 aromatic carbocycles. The van der Waals surface area contributed by atoms with Gasteiger partial charge in [-0.05, 0) is 97.5 Å². The summed E-state index contributed by atoms with van der Waals surface area (Å²) in [5, 5.41) is 7.63. The van der Waals surface area contributed by atoms with Crippen LogP contribution in [0.4, 0.5) is 0 Å². The molecule has 7 aromatic rings. The van der Waals surface area contributed by atoms with Gasteiger partial charge in [0.25, 0.3) is 0 Å². The van der Waals surface area contributed by atoms with Crippen LogP contribution in [0.25, 0.3) is 44.4 Å². The molecule has 3 aromatic heterocycles. The predicted octanol–water partition coefficient (Wildman–Crippen LogP) is 11.9. The van der Waals surface area contributed by atoms with Crippen LogP contribution in [0.3, 0.4) is 0 Å². The first-order chi connectivity index (χ1) is 24.7. The van der Waals surface area contributed by atoms with Crippen LogP contribution < -0.4 is 4.74 Å². The van der Waals surface area contributed by atoms with Crippen molar-refractivity contribution in [2.75, 3.05) is 0 Å². The molecule has 0 fully saturated rings. The summed E-state index contributed by atoms with van der Waals surface area (Å²) >= 11 is 0. The SMILES string of the molecule is CCCc1nn(-c2[c-]c(Oc3[c-]c4c(cc3)c3ccccc3n4-c3cc(CC)ccn3)cc(C(C)C)c2)c(CCC)c1-c1c(C)cc(C)cc1C.[Pd+2]. The van der Waals surface area contributed by atoms with Gasteiger partial charge in [0.2, 0.25) is 0 Å². The van der Waals surface area contributed by atoms with Gasteiger partial charge in [-0.2, -0.15) is 11.2 Å². The third-order valence-corrected chi connectivity index (χ3v) is 9.93. The maximum absolute atomic E-state index is 6.71. The summed E-state index contributed by atoms with van der Waals surface area (Å²) in [5.41, 5.74) is 14.2. The molecule has 0 N–H and O–H groups in total. The number of rotatable bonds is 11. The zero-order valence-corrected chi connectivity index (χ0v) is 33.2. The van der Waals surface area contributed by atoms with Crippen molar-refractivity contribution >= 4 is 21.8 Å². The summed E-state index contributed by atoms with van der Waals surface area (Å²) in [6, 6.07) is 33.1. The molecule has 268 valence electrons. The predicted molar refractivity (Wildman–Crippen MR) is 211 cm³/mol. The summed E-state index contributed by atoms with van der Waals surface area (Å²) < 4.78 is 11.1. The van der Waals surface area contributed by atoms with E-state index in [0.29, 0.717) is 11.5 Å². The molecule has 0 amide bonds. The first-order valence-electron chi connectivity index (χ1n) is 18.6. The summed E-state index contributed by atoms with van der Waals surface area (Å²) in [6.07, 6.45) is 6.70. The van der Waals surface area contributed by atoms with Gasteiger partial charge < -0.3 is 9.30 Å². The first kappa shape index (κ1) is 37.3. The third-order valence-electron chi connectivity index (χ3n) is 9.93. The molecule has 0 radical (unpaired) electrons. The largest absolute Gasteiger partial charge is 2.00 e. The zero-order chi connectivity index (χ0) is 35.8. The Balaban J connectivity index is 0.00000464. The Morgan fingerprint density at radius 3 is 2.23 bits per heavy atom. The Kier molecular flexibility index (Phi) is 11.2. The van der Waals surface area contributed by atoms with Crippen LogP contribution in [0.2, 0.25) is 0 Å². The zero-order valence-electron chi connectivity index (χ0n) is 31.6. The van der Waals surface area contributed by atoms with E-state index in [1.807, 2.05) is 12.3 Å². The second-order valence-electron chi connectivity index (χ2n) is 14.2. The minimum absolute atomic E-state index is 0. The third kappa shape index (κ3) is 7.00. The Morgan fingerprint density at radius 2 is 1.52 bits per heavy atom. The van der Waals surface area contributed by atoms with Gasteiger partial charge in [-0.1, -0.05) is 88.9 Å². The Morgan fingerprint density at radius 1 is 0.769 bits per heavy atom. The number of fused-ring (bicyclic) bond motifs is 3. The number of nitrogens with zero attached hydrogens (tertiary/aromatic N) is 4. The molecular formula is C46H48N4OPd. The quantitative estimate of drug-likeness (QED) is 0.0970. The summed E-state index contributed by atoms with van der Waals surface area (Å²) in [5.74, 6) is 2.45. The smallest absolute Gasteiger partial charge is 0.509 e. The van der Waals surface area contributed by atoms with Crippen molar-refractivity contribution in [2.45, 2.75) is 93.4 Å². The van der Waals surface area contributed by atoms with Gasteiger partial charge in [0.1, 0.15) is 5.82 Å². The Labute approximate surface area is 322 Å². The van der Waals surface area contributed by atoms with E-state index in [-0.39, 0.29) is 26.3 Å². The second-order valence-corrected chi connectivity index (χ2v) is 14.2. The number of ether oxygens (including phenoxy) is 1. The average Bonchev–Trinajstić information content (AvgIpc) is 3.63. The van der Waals surface area contributed by atoms with Crippen molar-refractivity contribution < 1.29 is 25.2 Å². The molecule has 0 saturated heterocycles. The van der Waals surface area contributed by atoms with Crippen LogP contribution >= 0.6 is 0 Å². The van der Waals surface area contributed by atoms with E-state index in [1.54, 1.807) is 0 Å². The second kappa shape index (κ2) is 15.6. The monoisotopic (exact) mass is 778 g/mol. The average molecular weight is 779 g/mol. The first-order valence-corrected chi connectivity index (χ1v) is 18.6. The topological polar surface area (TPSA) is 44.9 Å². The molecular weight excluding hydrogens is 731 g/mol. The fourth-order valence-corrected chi connectivity index (χ4v) is 7.59. The van der Waals surface area contributed by atoms with Crippen molar-refractivity contribution in [2.24, 2.45) is 0 Å². The van der Waals surface area contributed by atoms with Gasteiger partial charge in [0, 0.05) is 34.5 Å². The van der Waals surface area contributed by atoms with Crippen LogP contribution in [0.5, 0.6) is 11.5 Å². The van der Waals surface area contributed by atoms with E-state index in [4.69, 9.17) is 14.8 Å². The number of aromatic nitrogens is 4. The molecule has 6 heteroatoms. The molecule has 0 atom stereocenters. The van der Waals surface area contributed by atoms with Crippen LogP contribution in [0.15, 0.2) is 79.0 Å². The molecule has 0 unspecified atom stereocenters. The van der Waals surface area contributed by atoms with Gasteiger partial charge in [-0.25, -0.2) is 4.98 Å². The van der Waals surface area contributed by atoms with Gasteiger partial charge >= 0.3 is 20.4 Å². The number of hydrogen-bond acceptors (Lipinski definition) is 3. The van der Waals surface area contributed by atoms with E-state index in [1.165, 1.54) is 44.6 Å². The maximum Gasteiger partial charge on any atom is 2.00 e. The summed E-state index contributed by atoms with van der Waals surface area (Å²) in [6.45, 7) is 17.7. The van der Waals surface area contributed by atoms with Crippen LogP contribution in [0, 0.1) is 32.9 Å². The van der Waals surface area contributed by atoms with Gasteiger partial charge in [0.15, 0.2) is 0 Å². The number of hydrogen-bond donors (Lipinski definition) is 0. The van der Waals surface area contributed by atoms with Crippen molar-refractivity contribution in [3.63, 3.8) is 0 Å². The maximum atomic E-state index is 6.71. The van der Waals surface area contributed by atoms with Crippen LogP contribution in [-0.4, -0.2) is 19.3 Å². The van der Waals surface area contributed by atoms with E-state index in [9.17, 15) is 0 Å². The standard InChI is InChI=1S/C46H48N4O.Pd/c1-9-14-40-46(45-31(7)22-30(6)23-32(45)8)42(15-10-2)50(48-40)35-25-34(29(4)5)26-37(27-35)51-36-18-19-39-38-16-12-13-17-41(38)49(43(39)28-36)44-24-33(11-3)20-21-47-44;/h12-13,16-26,29H,9-11,14-15H2,1-8H3;/q-2;+2. The molecule has 52 heavy (non-hydrogen) atoms. The molecule has 7 rings (SSSR count). The van der Waals surface area contributed by atoms with E-state index < -0.39 is 0 Å². The molecule has 0 aliphatic carbocycles. The van der Waals surface area contributed by atoms with Crippen LogP contribution in [-0.2, 0) is 39.7 Å². The molecule has 3 heterocycles. The van der Waals surface area contributed by atoms with E-state index in [2.05, 4.69) is 144 Å². The number of para-hydroxylation sites is 1. The number of aryl methyl sites for hydroxylation is 5. The minimum atomic E-state index is 0. The van der Waals surface area contributed by atoms with Gasteiger partial charge in [-0.3, -0.25) is 4.68 Å². The fraction of sp³-hybridized carbons (Fsp3) is 0.304. The molecule has 0 aliphatic rings. The Bertz CT molecular complexity index is 2360. The van der Waals surface area contributed by atoms with Gasteiger partial charge in [0.05, 0.1) is 5.69 Å². The summed E-state index contributed by atoms with van der Waals surface area (Å²) in [7, 11) is 0. The van der Waals surface area contributed by atoms with E-state index in [0.717, 1.165) is 71.1 Å². The normalized spacial score (nSPS) is 11.5. The summed E-state index contributed by atoms with van der Waals surface area (Å²) in [4.78, 5) is 4.79. The fourth-order valence-electron chi connectivity index (χ4n) is 7.59. The van der Waals surface area contributed by atoms with Crippen molar-refractivity contribution in [1.29, 1.82) is 0 Å². The minimum Gasteiger partial charge on any atom is -0.509 e. The molecule has 0 aliphatic heterocycles. The molecule has 0 bridgehead atoms.